The Balaban J connectivity index is 1.99. The molecule has 2 atom stereocenters. The average molecular weight is 209 g/mol. The van der Waals surface area contributed by atoms with Gasteiger partial charge in [0, 0.05) is 12.6 Å². The molecule has 0 bridgehead atoms. The summed E-state index contributed by atoms with van der Waals surface area (Å²) in [7, 11) is 0. The molecule has 1 aliphatic heterocycles. The summed E-state index contributed by atoms with van der Waals surface area (Å²) in [5.41, 5.74) is 0. The van der Waals surface area contributed by atoms with Crippen LogP contribution in [0, 0.1) is 23.7 Å². The number of piperidine rings is 1. The van der Waals surface area contributed by atoms with Crippen molar-refractivity contribution in [3.8, 4) is 0 Å². The Hall–Kier alpha value is -0.0400. The smallest absolute Gasteiger partial charge is 0.00387 e. The molecule has 1 aliphatic carbocycles. The summed E-state index contributed by atoms with van der Waals surface area (Å²) in [6, 6.07) is 0.749. The van der Waals surface area contributed by atoms with Crippen LogP contribution in [0.4, 0.5) is 0 Å². The van der Waals surface area contributed by atoms with Crippen molar-refractivity contribution in [1.29, 1.82) is 0 Å². The lowest BCUT2D eigenvalue weighted by molar-refractivity contribution is 0.0592. The van der Waals surface area contributed by atoms with Gasteiger partial charge in [0.15, 0.2) is 0 Å². The second-order valence-corrected chi connectivity index (χ2v) is 6.29. The minimum atomic E-state index is 0.749. The number of nitrogens with zero attached hydrogens (tertiary/aromatic N) is 1. The first-order valence-electron chi connectivity index (χ1n) is 6.83. The zero-order valence-corrected chi connectivity index (χ0v) is 10.9. The number of hydrogen-bond donors (Lipinski definition) is 0. The number of likely N-dealkylation sites (tertiary alicyclic amines) is 1. The molecule has 88 valence electrons. The summed E-state index contributed by atoms with van der Waals surface area (Å²) >= 11 is 0. The maximum Gasteiger partial charge on any atom is 0.00387 e. The highest BCUT2D eigenvalue weighted by Gasteiger charge is 2.41. The molecule has 0 spiro atoms. The summed E-state index contributed by atoms with van der Waals surface area (Å²) < 4.78 is 0. The van der Waals surface area contributed by atoms with Gasteiger partial charge >= 0.3 is 0 Å². The van der Waals surface area contributed by atoms with Crippen LogP contribution in [0.5, 0.6) is 0 Å². The van der Waals surface area contributed by atoms with Crippen LogP contribution in [0.3, 0.4) is 0 Å². The first-order valence-corrected chi connectivity index (χ1v) is 6.83. The molecule has 0 aromatic rings. The molecule has 0 aromatic carbocycles. The fraction of sp³-hybridized carbons (Fsp3) is 1.00. The van der Waals surface area contributed by atoms with Gasteiger partial charge in [-0.05, 0) is 63.3 Å². The third-order valence-corrected chi connectivity index (χ3v) is 4.56. The van der Waals surface area contributed by atoms with Crippen LogP contribution in [0.2, 0.25) is 0 Å². The van der Waals surface area contributed by atoms with Crippen LogP contribution in [0.25, 0.3) is 0 Å². The Kier molecular flexibility index (Phi) is 3.39. The molecule has 1 saturated carbocycles. The van der Waals surface area contributed by atoms with E-state index < -0.39 is 0 Å². The lowest BCUT2D eigenvalue weighted by Gasteiger charge is -2.42. The van der Waals surface area contributed by atoms with E-state index in [1.807, 2.05) is 0 Å². The maximum atomic E-state index is 2.70. The van der Waals surface area contributed by atoms with Crippen LogP contribution in [0.15, 0.2) is 0 Å². The van der Waals surface area contributed by atoms with E-state index in [0.29, 0.717) is 0 Å². The van der Waals surface area contributed by atoms with Gasteiger partial charge in [0.2, 0.25) is 0 Å². The van der Waals surface area contributed by atoms with Gasteiger partial charge in [0.25, 0.3) is 0 Å². The predicted molar refractivity (Wildman–Crippen MR) is 65.9 cm³/mol. The predicted octanol–water partition coefficient (Wildman–Crippen LogP) is 3.40. The van der Waals surface area contributed by atoms with Gasteiger partial charge in [0.1, 0.15) is 0 Å². The zero-order chi connectivity index (χ0) is 11.0. The summed E-state index contributed by atoms with van der Waals surface area (Å²) in [4.78, 5) is 2.70. The Morgan fingerprint density at radius 2 is 1.67 bits per heavy atom. The van der Waals surface area contributed by atoms with Crippen molar-refractivity contribution in [2.75, 3.05) is 13.1 Å². The second kappa shape index (κ2) is 4.45. The van der Waals surface area contributed by atoms with E-state index in [-0.39, 0.29) is 0 Å². The second-order valence-electron chi connectivity index (χ2n) is 6.29. The molecule has 1 heterocycles. The molecule has 0 radical (unpaired) electrons. The summed E-state index contributed by atoms with van der Waals surface area (Å²) in [6.07, 6.45) is 4.47. The van der Waals surface area contributed by atoms with Crippen molar-refractivity contribution < 1.29 is 0 Å². The van der Waals surface area contributed by atoms with E-state index >= 15 is 0 Å². The largest absolute Gasteiger partial charge is 0.301 e. The van der Waals surface area contributed by atoms with Crippen LogP contribution in [-0.4, -0.2) is 24.0 Å². The first-order chi connectivity index (χ1) is 7.09. The van der Waals surface area contributed by atoms with Crippen molar-refractivity contribution in [2.45, 2.75) is 53.0 Å². The molecule has 0 N–H and O–H groups in total. The summed E-state index contributed by atoms with van der Waals surface area (Å²) in [6.45, 7) is 12.3. The van der Waals surface area contributed by atoms with E-state index in [1.54, 1.807) is 0 Å². The number of rotatable bonds is 3. The van der Waals surface area contributed by atoms with Gasteiger partial charge in [-0.2, -0.15) is 0 Å². The molecular formula is C14H27N. The van der Waals surface area contributed by atoms with Crippen molar-refractivity contribution in [2.24, 2.45) is 23.7 Å². The van der Waals surface area contributed by atoms with Gasteiger partial charge in [-0.1, -0.05) is 13.8 Å². The highest BCUT2D eigenvalue weighted by atomic mass is 15.2. The SMILES string of the molecule is CC(C)C1CCN(C(C)C)CC1C1CC1. The van der Waals surface area contributed by atoms with Crippen molar-refractivity contribution in [1.82, 2.24) is 4.90 Å². The van der Waals surface area contributed by atoms with Crippen molar-refractivity contribution in [3.05, 3.63) is 0 Å². The van der Waals surface area contributed by atoms with E-state index in [4.69, 9.17) is 0 Å². The molecule has 15 heavy (non-hydrogen) atoms. The summed E-state index contributed by atoms with van der Waals surface area (Å²) in [5, 5.41) is 0. The minimum Gasteiger partial charge on any atom is -0.301 e. The Morgan fingerprint density at radius 1 is 1.00 bits per heavy atom. The molecule has 2 unspecified atom stereocenters. The Morgan fingerprint density at radius 3 is 2.13 bits per heavy atom. The lowest BCUT2D eigenvalue weighted by Crippen LogP contribution is -2.45. The molecule has 2 fully saturated rings. The molecule has 0 aromatic heterocycles. The molecule has 0 amide bonds. The monoisotopic (exact) mass is 209 g/mol. The van der Waals surface area contributed by atoms with Gasteiger partial charge < -0.3 is 4.90 Å². The van der Waals surface area contributed by atoms with Gasteiger partial charge in [-0.3, -0.25) is 0 Å². The van der Waals surface area contributed by atoms with Gasteiger partial charge in [0.05, 0.1) is 0 Å². The molecule has 1 heteroatoms. The molecule has 2 aliphatic rings. The quantitative estimate of drug-likeness (QED) is 0.688. The fourth-order valence-corrected chi connectivity index (χ4v) is 3.35. The van der Waals surface area contributed by atoms with E-state index in [1.165, 1.54) is 32.4 Å². The Labute approximate surface area is 95.2 Å². The van der Waals surface area contributed by atoms with Crippen LogP contribution in [-0.2, 0) is 0 Å². The van der Waals surface area contributed by atoms with Crippen molar-refractivity contribution in [3.63, 3.8) is 0 Å². The third-order valence-electron chi connectivity index (χ3n) is 4.56. The van der Waals surface area contributed by atoms with Crippen LogP contribution < -0.4 is 0 Å². The lowest BCUT2D eigenvalue weighted by atomic mass is 9.75. The summed E-state index contributed by atoms with van der Waals surface area (Å²) in [5.74, 6) is 4.00. The average Bonchev–Trinajstić information content (AvgIpc) is 2.99. The minimum absolute atomic E-state index is 0.749. The van der Waals surface area contributed by atoms with Gasteiger partial charge in [-0.15, -0.1) is 0 Å². The molecule has 1 nitrogen and oxygen atoms in total. The molecule has 1 saturated heterocycles. The highest BCUT2D eigenvalue weighted by Crippen LogP contribution is 2.46. The standard InChI is InChI=1S/C14H27N/c1-10(2)13-7-8-15(11(3)4)9-14(13)12-5-6-12/h10-14H,5-9H2,1-4H3. The van der Waals surface area contributed by atoms with Crippen LogP contribution in [0.1, 0.15) is 47.0 Å². The normalized spacial score (nSPS) is 34.0. The molecule has 2 rings (SSSR count). The molecular weight excluding hydrogens is 182 g/mol. The topological polar surface area (TPSA) is 3.24 Å². The van der Waals surface area contributed by atoms with E-state index in [9.17, 15) is 0 Å². The maximum absolute atomic E-state index is 2.70. The number of hydrogen-bond acceptors (Lipinski definition) is 1. The van der Waals surface area contributed by atoms with E-state index in [2.05, 4.69) is 32.6 Å². The Bertz CT molecular complexity index is 205. The van der Waals surface area contributed by atoms with Gasteiger partial charge in [-0.25, -0.2) is 0 Å². The first kappa shape index (κ1) is 11.4. The van der Waals surface area contributed by atoms with E-state index in [0.717, 1.165) is 29.7 Å². The van der Waals surface area contributed by atoms with Crippen molar-refractivity contribution >= 4 is 0 Å². The zero-order valence-electron chi connectivity index (χ0n) is 10.9. The fourth-order valence-electron chi connectivity index (χ4n) is 3.35. The third kappa shape index (κ3) is 2.55. The van der Waals surface area contributed by atoms with Crippen LogP contribution >= 0.6 is 0 Å². The highest BCUT2D eigenvalue weighted by molar-refractivity contribution is 4.92.